The average Bonchev–Trinajstić information content (AvgIpc) is 3.63. The fraction of sp³-hybridized carbons (Fsp3) is 0.419. The highest BCUT2D eigenvalue weighted by Gasteiger charge is 2.31. The van der Waals surface area contributed by atoms with Crippen LogP contribution in [0.1, 0.15) is 53.9 Å². The largest absolute Gasteiger partial charge is 0.493 e. The Hall–Kier alpha value is -4.10. The second kappa shape index (κ2) is 14.3. The Bertz CT molecular complexity index is 1640. The van der Waals surface area contributed by atoms with Crippen molar-refractivity contribution in [1.29, 1.82) is 0 Å². The maximum absolute atomic E-state index is 15.5. The van der Waals surface area contributed by atoms with Gasteiger partial charge in [0.05, 0.1) is 49.2 Å². The Balaban J connectivity index is 1.40. The molecule has 2 heterocycles. The van der Waals surface area contributed by atoms with Crippen molar-refractivity contribution >= 4 is 56.7 Å². The molecule has 0 fully saturated rings. The number of carboxylic acid groups (broad SMARTS) is 2. The molecule has 3 aromatic rings. The van der Waals surface area contributed by atoms with Gasteiger partial charge in [-0.25, -0.2) is 4.39 Å². The lowest BCUT2D eigenvalue weighted by molar-refractivity contribution is -0.145. The fourth-order valence-corrected chi connectivity index (χ4v) is 6.16. The van der Waals surface area contributed by atoms with Gasteiger partial charge in [0.2, 0.25) is 5.91 Å². The van der Waals surface area contributed by atoms with Crippen LogP contribution in [0, 0.1) is 17.7 Å². The number of ketones is 1. The Morgan fingerprint density at radius 1 is 0.933 bits per heavy atom. The molecule has 1 aromatic heterocycles. The van der Waals surface area contributed by atoms with Crippen molar-refractivity contribution in [2.75, 3.05) is 27.4 Å². The maximum Gasteiger partial charge on any atom is 0.306 e. The SMILES string of the molecule is COc1cc2c(c(Cl)c1OCCCOc1c(OC)cc3sc(C(=O)C[C@H](C)C(=O)O)cc3c1F)CN(C(=O)C[C@H](C)C(=O)O)C2. The van der Waals surface area contributed by atoms with Gasteiger partial charge in [-0.1, -0.05) is 25.4 Å². The van der Waals surface area contributed by atoms with Crippen molar-refractivity contribution in [2.45, 2.75) is 46.2 Å². The van der Waals surface area contributed by atoms with E-state index in [-0.39, 0.29) is 77.6 Å². The third-order valence-electron chi connectivity index (χ3n) is 7.44. The summed E-state index contributed by atoms with van der Waals surface area (Å²) in [7, 11) is 2.83. The number of nitrogens with zero attached hydrogens (tertiary/aromatic N) is 1. The summed E-state index contributed by atoms with van der Waals surface area (Å²) in [5.41, 5.74) is 1.46. The van der Waals surface area contributed by atoms with Gasteiger partial charge in [0.1, 0.15) is 0 Å². The lowest BCUT2D eigenvalue weighted by atomic mass is 10.0. The summed E-state index contributed by atoms with van der Waals surface area (Å²) >= 11 is 7.72. The van der Waals surface area contributed by atoms with E-state index in [4.69, 9.17) is 40.8 Å². The molecule has 0 aliphatic carbocycles. The van der Waals surface area contributed by atoms with Gasteiger partial charge in [-0.05, 0) is 23.3 Å². The first kappa shape index (κ1) is 33.8. The number of carboxylic acids is 2. The Morgan fingerprint density at radius 2 is 1.53 bits per heavy atom. The third kappa shape index (κ3) is 7.42. The zero-order valence-electron chi connectivity index (χ0n) is 25.1. The van der Waals surface area contributed by atoms with Crippen LogP contribution in [0.5, 0.6) is 23.0 Å². The van der Waals surface area contributed by atoms with E-state index in [0.717, 1.165) is 16.9 Å². The van der Waals surface area contributed by atoms with Gasteiger partial charge >= 0.3 is 11.9 Å². The van der Waals surface area contributed by atoms with Crippen LogP contribution in [0.3, 0.4) is 0 Å². The van der Waals surface area contributed by atoms with Crippen molar-refractivity contribution in [3.05, 3.63) is 45.0 Å². The molecule has 45 heavy (non-hydrogen) atoms. The van der Waals surface area contributed by atoms with Crippen LogP contribution in [0.15, 0.2) is 18.2 Å². The Kier molecular flexibility index (Phi) is 10.8. The van der Waals surface area contributed by atoms with Crippen molar-refractivity contribution in [3.63, 3.8) is 0 Å². The van der Waals surface area contributed by atoms with Crippen LogP contribution in [0.2, 0.25) is 5.02 Å². The van der Waals surface area contributed by atoms with Crippen LogP contribution < -0.4 is 18.9 Å². The number of Topliss-reactive ketones (excluding diaryl/α,β-unsaturated/α-hetero) is 1. The zero-order valence-corrected chi connectivity index (χ0v) is 26.7. The van der Waals surface area contributed by atoms with Crippen molar-refractivity contribution in [2.24, 2.45) is 11.8 Å². The van der Waals surface area contributed by atoms with Gasteiger partial charge in [0, 0.05) is 48.5 Å². The van der Waals surface area contributed by atoms with Crippen molar-refractivity contribution < 1.29 is 52.7 Å². The second-order valence-electron chi connectivity index (χ2n) is 10.7. The number of fused-ring (bicyclic) bond motifs is 2. The fourth-order valence-electron chi connectivity index (χ4n) is 4.80. The predicted molar refractivity (Wildman–Crippen MR) is 163 cm³/mol. The van der Waals surface area contributed by atoms with Crippen molar-refractivity contribution in [1.82, 2.24) is 4.90 Å². The number of amides is 1. The molecule has 2 aromatic carbocycles. The average molecular weight is 666 g/mol. The van der Waals surface area contributed by atoms with Gasteiger partial charge in [-0.3, -0.25) is 19.2 Å². The predicted octanol–water partition coefficient (Wildman–Crippen LogP) is 5.81. The third-order valence-corrected chi connectivity index (χ3v) is 8.96. The molecule has 2 atom stereocenters. The van der Waals surface area contributed by atoms with Gasteiger partial charge < -0.3 is 34.1 Å². The summed E-state index contributed by atoms with van der Waals surface area (Å²) < 4.78 is 38.4. The number of methoxy groups -OCH3 is 2. The summed E-state index contributed by atoms with van der Waals surface area (Å²) in [6.07, 6.45) is -0.0153. The van der Waals surface area contributed by atoms with E-state index in [1.165, 1.54) is 39.0 Å². The van der Waals surface area contributed by atoms with Crippen LogP contribution in [0.25, 0.3) is 10.1 Å². The first-order chi connectivity index (χ1) is 21.4. The maximum atomic E-state index is 15.5. The second-order valence-corrected chi connectivity index (χ2v) is 12.2. The standard InChI is InChI=1S/C31H33ClFNO10S/c1-15(30(37)38)8-20(35)24-11-18-23(45-24)12-22(42-4)29(27(18)33)44-7-5-6-43-28-21(41-3)10-17-13-34(14-19(17)26(28)32)25(36)9-16(2)31(39)40/h10-12,15-16H,5-9,13-14H2,1-4H3,(H,37,38)(H,39,40)/t15-,16-/m0/s1. The molecule has 242 valence electrons. The molecule has 0 saturated heterocycles. The minimum atomic E-state index is -1.09. The Labute approximate surface area is 267 Å². The monoisotopic (exact) mass is 665 g/mol. The zero-order chi connectivity index (χ0) is 33.0. The van der Waals surface area contributed by atoms with Gasteiger partial charge in [0.25, 0.3) is 0 Å². The molecule has 0 spiro atoms. The molecular weight excluding hydrogens is 633 g/mol. The lowest BCUT2D eigenvalue weighted by Crippen LogP contribution is -2.28. The quantitative estimate of drug-likeness (QED) is 0.151. The topological polar surface area (TPSA) is 149 Å². The van der Waals surface area contributed by atoms with Crippen LogP contribution in [-0.4, -0.2) is 66.2 Å². The molecule has 1 aliphatic heterocycles. The van der Waals surface area contributed by atoms with E-state index < -0.39 is 35.4 Å². The number of aliphatic carboxylic acids is 2. The summed E-state index contributed by atoms with van der Waals surface area (Å²) in [4.78, 5) is 49.3. The van der Waals surface area contributed by atoms with Crippen LogP contribution in [0.4, 0.5) is 4.39 Å². The highest BCUT2D eigenvalue weighted by atomic mass is 35.5. The number of halogens is 2. The first-order valence-corrected chi connectivity index (χ1v) is 15.3. The number of benzene rings is 2. The summed E-state index contributed by atoms with van der Waals surface area (Å²) in [5, 5.41) is 18.7. The van der Waals surface area contributed by atoms with E-state index in [9.17, 15) is 19.2 Å². The molecule has 1 amide bonds. The lowest BCUT2D eigenvalue weighted by Gasteiger charge is -2.17. The molecule has 0 radical (unpaired) electrons. The summed E-state index contributed by atoms with van der Waals surface area (Å²) in [5.74, 6) is -4.54. The van der Waals surface area contributed by atoms with Gasteiger partial charge in [0.15, 0.2) is 34.6 Å². The molecule has 2 N–H and O–H groups in total. The summed E-state index contributed by atoms with van der Waals surface area (Å²) in [6.45, 7) is 3.55. The molecule has 0 bridgehead atoms. The molecule has 0 saturated carbocycles. The number of carbonyl (C=O) groups excluding carboxylic acids is 2. The molecule has 4 rings (SSSR count). The molecular formula is C31H33ClFNO10S. The number of thiophene rings is 1. The van der Waals surface area contributed by atoms with E-state index in [1.54, 1.807) is 12.1 Å². The van der Waals surface area contributed by atoms with E-state index >= 15 is 4.39 Å². The van der Waals surface area contributed by atoms with Crippen LogP contribution in [-0.2, 0) is 27.5 Å². The van der Waals surface area contributed by atoms with Gasteiger partial charge in [-0.15, -0.1) is 11.3 Å². The number of carbonyl (C=O) groups is 4. The minimum Gasteiger partial charge on any atom is -0.493 e. The minimum absolute atomic E-state index is 0.0414. The van der Waals surface area contributed by atoms with E-state index in [2.05, 4.69) is 0 Å². The number of hydrogen-bond acceptors (Lipinski definition) is 9. The van der Waals surface area contributed by atoms with Crippen LogP contribution >= 0.6 is 22.9 Å². The van der Waals surface area contributed by atoms with Crippen molar-refractivity contribution in [3.8, 4) is 23.0 Å². The molecule has 0 unspecified atom stereocenters. The number of rotatable bonds is 15. The Morgan fingerprint density at radius 3 is 2.16 bits per heavy atom. The highest BCUT2D eigenvalue weighted by molar-refractivity contribution is 7.20. The highest BCUT2D eigenvalue weighted by Crippen LogP contribution is 2.44. The number of ether oxygens (including phenoxy) is 4. The normalized spacial score (nSPS) is 13.7. The molecule has 1 aliphatic rings. The van der Waals surface area contributed by atoms with E-state index in [1.807, 2.05) is 0 Å². The molecule has 11 nitrogen and oxygen atoms in total. The smallest absolute Gasteiger partial charge is 0.306 e. The number of hydrogen-bond donors (Lipinski definition) is 2. The first-order valence-electron chi connectivity index (χ1n) is 14.1. The van der Waals surface area contributed by atoms with E-state index in [0.29, 0.717) is 22.4 Å². The van der Waals surface area contributed by atoms with Gasteiger partial charge in [-0.2, -0.15) is 0 Å². The molecule has 14 heteroatoms. The summed E-state index contributed by atoms with van der Waals surface area (Å²) in [6, 6.07) is 4.70.